The number of nitrogens with two attached hydrogens (primary N) is 1. The van der Waals surface area contributed by atoms with Crippen LogP contribution in [0.1, 0.15) is 36.1 Å². The number of aromatic nitrogens is 2. The van der Waals surface area contributed by atoms with Crippen LogP contribution < -0.4 is 11.1 Å². The lowest BCUT2D eigenvalue weighted by Crippen LogP contribution is -2.25. The van der Waals surface area contributed by atoms with Gasteiger partial charge in [-0.05, 0) is 19.9 Å². The van der Waals surface area contributed by atoms with Crippen LogP contribution in [-0.4, -0.2) is 15.6 Å². The van der Waals surface area contributed by atoms with Crippen LogP contribution in [0.25, 0.3) is 0 Å². The second kappa shape index (κ2) is 4.95. The molecule has 0 aliphatic heterocycles. The fourth-order valence-electron chi connectivity index (χ4n) is 1.70. The van der Waals surface area contributed by atoms with Crippen LogP contribution in [0.3, 0.4) is 0 Å². The summed E-state index contributed by atoms with van der Waals surface area (Å²) in [5, 5.41) is 6.33. The number of anilines is 1. The topological polar surface area (TPSA) is 86.1 Å². The fraction of sp³-hybridized carbons (Fsp3) is 0.333. The minimum atomic E-state index is -0.184. The van der Waals surface area contributed by atoms with Gasteiger partial charge in [-0.25, -0.2) is 0 Å². The highest BCUT2D eigenvalue weighted by molar-refractivity contribution is 5.93. The summed E-state index contributed by atoms with van der Waals surface area (Å²) < 4.78 is 6.74. The molecule has 0 atom stereocenters. The van der Waals surface area contributed by atoms with Gasteiger partial charge in [-0.15, -0.1) is 0 Å². The standard InChI is InChI=1S/C12H16N4O2/c1-8(2)16-7-9(13)5-11(16)12(17)14-6-10-3-4-15-18-10/h3-5,7-8H,6,13H2,1-2H3,(H,14,17). The van der Waals surface area contributed by atoms with E-state index in [9.17, 15) is 4.79 Å². The summed E-state index contributed by atoms with van der Waals surface area (Å²) in [7, 11) is 0. The van der Waals surface area contributed by atoms with Crippen LogP contribution in [0.4, 0.5) is 5.69 Å². The van der Waals surface area contributed by atoms with E-state index in [1.54, 1.807) is 18.3 Å². The van der Waals surface area contributed by atoms with E-state index in [0.29, 0.717) is 23.7 Å². The molecule has 96 valence electrons. The van der Waals surface area contributed by atoms with E-state index >= 15 is 0 Å². The molecule has 2 aromatic rings. The van der Waals surface area contributed by atoms with Gasteiger partial charge >= 0.3 is 0 Å². The maximum atomic E-state index is 12.0. The average molecular weight is 248 g/mol. The second-order valence-electron chi connectivity index (χ2n) is 4.32. The number of amides is 1. The molecule has 0 aliphatic carbocycles. The van der Waals surface area contributed by atoms with E-state index in [2.05, 4.69) is 10.5 Å². The summed E-state index contributed by atoms with van der Waals surface area (Å²) in [5.74, 6) is 0.427. The minimum absolute atomic E-state index is 0.174. The maximum Gasteiger partial charge on any atom is 0.268 e. The van der Waals surface area contributed by atoms with Crippen LogP contribution in [0.5, 0.6) is 0 Å². The average Bonchev–Trinajstić information content (AvgIpc) is 2.94. The molecule has 2 heterocycles. The lowest BCUT2D eigenvalue weighted by Gasteiger charge is -2.12. The Morgan fingerprint density at radius 3 is 3.00 bits per heavy atom. The highest BCUT2D eigenvalue weighted by atomic mass is 16.5. The number of rotatable bonds is 4. The monoisotopic (exact) mass is 248 g/mol. The summed E-state index contributed by atoms with van der Waals surface area (Å²) >= 11 is 0. The van der Waals surface area contributed by atoms with Gasteiger partial charge in [0.15, 0.2) is 5.76 Å². The highest BCUT2D eigenvalue weighted by Gasteiger charge is 2.14. The van der Waals surface area contributed by atoms with Crippen molar-refractivity contribution >= 4 is 11.6 Å². The molecule has 0 unspecified atom stereocenters. The fourth-order valence-corrected chi connectivity index (χ4v) is 1.70. The Bertz CT molecular complexity index is 528. The molecule has 6 nitrogen and oxygen atoms in total. The molecule has 0 aliphatic rings. The number of carbonyl (C=O) groups excluding carboxylic acids is 1. The molecule has 0 spiro atoms. The molecule has 0 aromatic carbocycles. The van der Waals surface area contributed by atoms with Crippen molar-refractivity contribution in [3.05, 3.63) is 36.0 Å². The van der Waals surface area contributed by atoms with Gasteiger partial charge in [0.2, 0.25) is 0 Å². The zero-order valence-electron chi connectivity index (χ0n) is 10.4. The van der Waals surface area contributed by atoms with E-state index < -0.39 is 0 Å². The molecule has 0 fully saturated rings. The Morgan fingerprint density at radius 1 is 1.61 bits per heavy atom. The second-order valence-corrected chi connectivity index (χ2v) is 4.32. The summed E-state index contributed by atoms with van der Waals surface area (Å²) in [6, 6.07) is 3.54. The zero-order chi connectivity index (χ0) is 13.1. The zero-order valence-corrected chi connectivity index (χ0v) is 10.4. The molecule has 18 heavy (non-hydrogen) atoms. The summed E-state index contributed by atoms with van der Waals surface area (Å²) in [6.45, 7) is 4.29. The molecule has 0 bridgehead atoms. The van der Waals surface area contributed by atoms with Crippen molar-refractivity contribution in [2.75, 3.05) is 5.73 Å². The first-order valence-electron chi connectivity index (χ1n) is 5.73. The molecule has 2 aromatic heterocycles. The van der Waals surface area contributed by atoms with E-state index in [4.69, 9.17) is 10.3 Å². The predicted molar refractivity (Wildman–Crippen MR) is 66.9 cm³/mol. The number of hydrogen-bond acceptors (Lipinski definition) is 4. The van der Waals surface area contributed by atoms with E-state index in [1.165, 1.54) is 6.20 Å². The highest BCUT2D eigenvalue weighted by Crippen LogP contribution is 2.16. The lowest BCUT2D eigenvalue weighted by atomic mass is 10.3. The van der Waals surface area contributed by atoms with Crippen molar-refractivity contribution in [3.8, 4) is 0 Å². The van der Waals surface area contributed by atoms with Gasteiger partial charge in [0, 0.05) is 18.3 Å². The number of hydrogen-bond donors (Lipinski definition) is 2. The molecular weight excluding hydrogens is 232 g/mol. The van der Waals surface area contributed by atoms with E-state index in [0.717, 1.165) is 0 Å². The van der Waals surface area contributed by atoms with Crippen LogP contribution in [0, 0.1) is 0 Å². The third-order valence-corrected chi connectivity index (χ3v) is 2.57. The first kappa shape index (κ1) is 12.2. The van der Waals surface area contributed by atoms with Crippen molar-refractivity contribution < 1.29 is 9.32 Å². The molecular formula is C12H16N4O2. The Balaban J connectivity index is 2.09. The van der Waals surface area contributed by atoms with Crippen molar-refractivity contribution in [3.63, 3.8) is 0 Å². The largest absolute Gasteiger partial charge is 0.397 e. The van der Waals surface area contributed by atoms with E-state index in [-0.39, 0.29) is 11.9 Å². The Hall–Kier alpha value is -2.24. The first-order valence-corrected chi connectivity index (χ1v) is 5.73. The van der Waals surface area contributed by atoms with Gasteiger partial charge < -0.3 is 20.1 Å². The maximum absolute atomic E-state index is 12.0. The molecule has 6 heteroatoms. The molecule has 0 saturated heterocycles. The van der Waals surface area contributed by atoms with Crippen LogP contribution in [0.2, 0.25) is 0 Å². The number of carbonyl (C=O) groups is 1. The Kier molecular flexibility index (Phi) is 3.36. The smallest absolute Gasteiger partial charge is 0.268 e. The van der Waals surface area contributed by atoms with Crippen molar-refractivity contribution in [1.82, 2.24) is 15.0 Å². The normalized spacial score (nSPS) is 10.8. The van der Waals surface area contributed by atoms with Gasteiger partial charge in [0.1, 0.15) is 5.69 Å². The molecule has 0 radical (unpaired) electrons. The summed E-state index contributed by atoms with van der Waals surface area (Å²) in [5.41, 5.74) is 6.84. The van der Waals surface area contributed by atoms with Crippen molar-refractivity contribution in [2.24, 2.45) is 0 Å². The van der Waals surface area contributed by atoms with Crippen LogP contribution in [0.15, 0.2) is 29.0 Å². The Morgan fingerprint density at radius 2 is 2.39 bits per heavy atom. The molecule has 1 amide bonds. The number of nitrogens with one attached hydrogen (secondary N) is 1. The summed E-state index contributed by atoms with van der Waals surface area (Å²) in [6.07, 6.45) is 3.30. The lowest BCUT2D eigenvalue weighted by molar-refractivity contribution is 0.0936. The third kappa shape index (κ3) is 2.53. The summed E-state index contributed by atoms with van der Waals surface area (Å²) in [4.78, 5) is 12.0. The minimum Gasteiger partial charge on any atom is -0.397 e. The van der Waals surface area contributed by atoms with Crippen molar-refractivity contribution in [2.45, 2.75) is 26.4 Å². The van der Waals surface area contributed by atoms with Gasteiger partial charge in [-0.1, -0.05) is 5.16 Å². The number of nitrogens with zero attached hydrogens (tertiary/aromatic N) is 2. The van der Waals surface area contributed by atoms with Crippen molar-refractivity contribution in [1.29, 1.82) is 0 Å². The third-order valence-electron chi connectivity index (χ3n) is 2.57. The quantitative estimate of drug-likeness (QED) is 0.859. The van der Waals surface area contributed by atoms with Gasteiger partial charge in [-0.2, -0.15) is 0 Å². The SMILES string of the molecule is CC(C)n1cc(N)cc1C(=O)NCc1ccno1. The Labute approximate surface area is 105 Å². The molecule has 3 N–H and O–H groups in total. The van der Waals surface area contributed by atoms with Crippen LogP contribution >= 0.6 is 0 Å². The van der Waals surface area contributed by atoms with Gasteiger partial charge in [0.25, 0.3) is 5.91 Å². The number of nitrogen functional groups attached to an aromatic ring is 1. The van der Waals surface area contributed by atoms with Gasteiger partial charge in [-0.3, -0.25) is 4.79 Å². The first-order chi connectivity index (χ1) is 8.58. The van der Waals surface area contributed by atoms with E-state index in [1.807, 2.05) is 18.4 Å². The van der Waals surface area contributed by atoms with Gasteiger partial charge in [0.05, 0.1) is 18.4 Å². The molecule has 0 saturated carbocycles. The van der Waals surface area contributed by atoms with Crippen LogP contribution in [-0.2, 0) is 6.54 Å². The predicted octanol–water partition coefficient (Wildman–Crippen LogP) is 1.57. The molecule has 2 rings (SSSR count).